The number of cyclic esters (lactones) is 1. The van der Waals surface area contributed by atoms with E-state index in [1.807, 2.05) is 12.1 Å². The van der Waals surface area contributed by atoms with Crippen LogP contribution in [0.2, 0.25) is 0 Å². The van der Waals surface area contributed by atoms with Gasteiger partial charge < -0.3 is 20.1 Å². The van der Waals surface area contributed by atoms with E-state index in [2.05, 4.69) is 4.74 Å². The van der Waals surface area contributed by atoms with E-state index in [0.29, 0.717) is 24.2 Å². The Hall–Kier alpha value is -2.61. The highest BCUT2D eigenvalue weighted by Crippen LogP contribution is 2.38. The summed E-state index contributed by atoms with van der Waals surface area (Å²) in [5, 5.41) is 0. The number of aryl methyl sites for hydroxylation is 1. The fraction of sp³-hybridized carbons (Fsp3) is 0.438. The van der Waals surface area contributed by atoms with Crippen molar-refractivity contribution in [2.75, 3.05) is 30.5 Å². The molecule has 2 atom stereocenters. The van der Waals surface area contributed by atoms with Crippen LogP contribution >= 0.6 is 0 Å². The lowest BCUT2D eigenvalue weighted by Gasteiger charge is -2.30. The standard InChI is InChI=1S/C16H19N3O5/c1-18-12(20)7-6-9-4-3-5-10(14(9)18)19-8-11(24-16(19)22)13(17)15(21)23-2/h3-5,11,13H,6-8,17H2,1-2H3/t11-,13?/m0/s1. The molecule has 8 heteroatoms. The fourth-order valence-electron chi connectivity index (χ4n) is 3.07. The molecule has 1 aromatic rings. The van der Waals surface area contributed by atoms with Gasteiger partial charge in [0.25, 0.3) is 0 Å². The van der Waals surface area contributed by atoms with Crippen LogP contribution in [0.25, 0.3) is 0 Å². The number of amides is 2. The number of nitrogens with two attached hydrogens (primary N) is 1. The van der Waals surface area contributed by atoms with Crippen LogP contribution in [0.5, 0.6) is 0 Å². The zero-order chi connectivity index (χ0) is 17.4. The third-order valence-corrected chi connectivity index (χ3v) is 4.42. The molecule has 0 aromatic heterocycles. The summed E-state index contributed by atoms with van der Waals surface area (Å²) in [7, 11) is 2.91. The third kappa shape index (κ3) is 2.58. The lowest BCUT2D eigenvalue weighted by atomic mass is 9.99. The van der Waals surface area contributed by atoms with E-state index in [1.165, 1.54) is 12.0 Å². The summed E-state index contributed by atoms with van der Waals surface area (Å²) in [6, 6.07) is 4.46. The van der Waals surface area contributed by atoms with Gasteiger partial charge in [0.15, 0.2) is 0 Å². The van der Waals surface area contributed by atoms with Crippen molar-refractivity contribution >= 4 is 29.3 Å². The average molecular weight is 333 g/mol. The summed E-state index contributed by atoms with van der Waals surface area (Å²) in [5.41, 5.74) is 8.04. The van der Waals surface area contributed by atoms with Gasteiger partial charge in [0.05, 0.1) is 25.0 Å². The molecule has 0 bridgehead atoms. The largest absolute Gasteiger partial charge is 0.468 e. The van der Waals surface area contributed by atoms with Gasteiger partial charge in [-0.1, -0.05) is 12.1 Å². The molecule has 1 aromatic carbocycles. The van der Waals surface area contributed by atoms with Gasteiger partial charge in [-0.2, -0.15) is 0 Å². The number of carbonyl (C=O) groups is 3. The molecule has 1 saturated heterocycles. The molecule has 2 amide bonds. The molecule has 1 unspecified atom stereocenters. The SMILES string of the molecule is COC(=O)C(N)[C@@H]1CN(c2cccc3c2N(C)C(=O)CC3)C(=O)O1. The van der Waals surface area contributed by atoms with Crippen molar-refractivity contribution in [1.29, 1.82) is 0 Å². The number of rotatable bonds is 3. The Labute approximate surface area is 139 Å². The van der Waals surface area contributed by atoms with Crippen LogP contribution < -0.4 is 15.5 Å². The molecule has 0 aliphatic carbocycles. The smallest absolute Gasteiger partial charge is 0.414 e. The maximum absolute atomic E-state index is 12.3. The lowest BCUT2D eigenvalue weighted by Crippen LogP contribution is -2.44. The Balaban J connectivity index is 1.92. The molecule has 128 valence electrons. The number of fused-ring (bicyclic) bond motifs is 1. The van der Waals surface area contributed by atoms with E-state index in [9.17, 15) is 14.4 Å². The summed E-state index contributed by atoms with van der Waals surface area (Å²) in [6.45, 7) is 0.119. The van der Waals surface area contributed by atoms with Gasteiger partial charge in [0.1, 0.15) is 12.1 Å². The second-order valence-corrected chi connectivity index (χ2v) is 5.82. The number of hydrogen-bond donors (Lipinski definition) is 1. The van der Waals surface area contributed by atoms with Crippen molar-refractivity contribution in [3.8, 4) is 0 Å². The molecule has 0 radical (unpaired) electrons. The summed E-state index contributed by atoms with van der Waals surface area (Å²) in [4.78, 5) is 38.8. The second kappa shape index (κ2) is 6.12. The molecule has 2 aliphatic rings. The molecule has 2 heterocycles. The normalized spacial score (nSPS) is 21.4. The molecule has 0 spiro atoms. The van der Waals surface area contributed by atoms with Crippen molar-refractivity contribution in [3.05, 3.63) is 23.8 Å². The number of esters is 1. The molecule has 2 N–H and O–H groups in total. The molecular weight excluding hydrogens is 314 g/mol. The van der Waals surface area contributed by atoms with Crippen LogP contribution in [0.4, 0.5) is 16.2 Å². The summed E-state index contributed by atoms with van der Waals surface area (Å²) >= 11 is 0. The van der Waals surface area contributed by atoms with E-state index in [-0.39, 0.29) is 12.5 Å². The maximum Gasteiger partial charge on any atom is 0.414 e. The molecule has 8 nitrogen and oxygen atoms in total. The minimum atomic E-state index is -1.05. The Morgan fingerprint density at radius 3 is 2.83 bits per heavy atom. The monoisotopic (exact) mass is 333 g/mol. The van der Waals surface area contributed by atoms with Crippen molar-refractivity contribution < 1.29 is 23.9 Å². The highest BCUT2D eigenvalue weighted by molar-refractivity contribution is 6.03. The lowest BCUT2D eigenvalue weighted by molar-refractivity contribution is -0.144. The van der Waals surface area contributed by atoms with Crippen LogP contribution in [0.15, 0.2) is 18.2 Å². The Morgan fingerprint density at radius 2 is 2.12 bits per heavy atom. The van der Waals surface area contributed by atoms with Crippen molar-refractivity contribution in [2.24, 2.45) is 5.73 Å². The predicted molar refractivity (Wildman–Crippen MR) is 85.8 cm³/mol. The summed E-state index contributed by atoms with van der Waals surface area (Å²) in [5.74, 6) is -0.651. The van der Waals surface area contributed by atoms with Crippen LogP contribution in [0, 0.1) is 0 Å². The maximum atomic E-state index is 12.3. The van der Waals surface area contributed by atoms with E-state index in [4.69, 9.17) is 10.5 Å². The number of methoxy groups -OCH3 is 1. The van der Waals surface area contributed by atoms with Gasteiger partial charge in [-0.15, -0.1) is 0 Å². The second-order valence-electron chi connectivity index (χ2n) is 5.82. The summed E-state index contributed by atoms with van der Waals surface area (Å²) in [6.07, 6.45) is -0.335. The highest BCUT2D eigenvalue weighted by Gasteiger charge is 2.41. The Kier molecular flexibility index (Phi) is 4.15. The van der Waals surface area contributed by atoms with Gasteiger partial charge in [-0.3, -0.25) is 14.5 Å². The predicted octanol–water partition coefficient (Wildman–Crippen LogP) is 0.421. The van der Waals surface area contributed by atoms with E-state index >= 15 is 0 Å². The quantitative estimate of drug-likeness (QED) is 0.804. The van der Waals surface area contributed by atoms with E-state index in [1.54, 1.807) is 18.0 Å². The zero-order valence-electron chi connectivity index (χ0n) is 13.5. The van der Waals surface area contributed by atoms with Gasteiger partial charge in [-0.05, 0) is 18.1 Å². The first kappa shape index (κ1) is 16.3. The van der Waals surface area contributed by atoms with E-state index < -0.39 is 24.2 Å². The Bertz CT molecular complexity index is 705. The van der Waals surface area contributed by atoms with Crippen LogP contribution in [-0.2, 0) is 25.5 Å². The average Bonchev–Trinajstić information content (AvgIpc) is 2.98. The first-order valence-corrected chi connectivity index (χ1v) is 7.64. The number of hydrogen-bond acceptors (Lipinski definition) is 6. The number of anilines is 2. The molecular formula is C16H19N3O5. The van der Waals surface area contributed by atoms with E-state index in [0.717, 1.165) is 5.56 Å². The highest BCUT2D eigenvalue weighted by atomic mass is 16.6. The third-order valence-electron chi connectivity index (χ3n) is 4.42. The van der Waals surface area contributed by atoms with Gasteiger partial charge >= 0.3 is 12.1 Å². The number of nitrogens with zero attached hydrogens (tertiary/aromatic N) is 2. The molecule has 3 rings (SSSR count). The van der Waals surface area contributed by atoms with Gasteiger partial charge in [0, 0.05) is 13.5 Å². The van der Waals surface area contributed by atoms with Crippen molar-refractivity contribution in [1.82, 2.24) is 0 Å². The zero-order valence-corrected chi connectivity index (χ0v) is 13.5. The van der Waals surface area contributed by atoms with Gasteiger partial charge in [-0.25, -0.2) is 4.79 Å². The summed E-state index contributed by atoms with van der Waals surface area (Å²) < 4.78 is 9.82. The van der Waals surface area contributed by atoms with Crippen LogP contribution in [-0.4, -0.2) is 50.8 Å². The van der Waals surface area contributed by atoms with Crippen LogP contribution in [0.1, 0.15) is 12.0 Å². The number of ether oxygens (including phenoxy) is 2. The molecule has 24 heavy (non-hydrogen) atoms. The topological polar surface area (TPSA) is 102 Å². The molecule has 1 fully saturated rings. The van der Waals surface area contributed by atoms with Crippen molar-refractivity contribution in [3.63, 3.8) is 0 Å². The molecule has 0 saturated carbocycles. The Morgan fingerprint density at radius 1 is 1.38 bits per heavy atom. The van der Waals surface area contributed by atoms with Crippen molar-refractivity contribution in [2.45, 2.75) is 25.0 Å². The minimum absolute atomic E-state index is 0.00896. The first-order chi connectivity index (χ1) is 11.4. The fourth-order valence-corrected chi connectivity index (χ4v) is 3.07. The molecule has 2 aliphatic heterocycles. The van der Waals surface area contributed by atoms with Crippen LogP contribution in [0.3, 0.4) is 0 Å². The first-order valence-electron chi connectivity index (χ1n) is 7.64. The minimum Gasteiger partial charge on any atom is -0.468 e. The van der Waals surface area contributed by atoms with Gasteiger partial charge in [0.2, 0.25) is 5.91 Å². The number of benzene rings is 1. The number of para-hydroxylation sites is 1. The number of carbonyl (C=O) groups excluding carboxylic acids is 3.